The van der Waals surface area contributed by atoms with Crippen LogP contribution >= 0.6 is 0 Å². The molecule has 0 bridgehead atoms. The zero-order valence-corrected chi connectivity index (χ0v) is 18.2. The Bertz CT molecular complexity index is 1020. The summed E-state index contributed by atoms with van der Waals surface area (Å²) in [6, 6.07) is 11.1. The van der Waals surface area contributed by atoms with Crippen molar-refractivity contribution in [3.8, 4) is 0 Å². The van der Waals surface area contributed by atoms with Gasteiger partial charge < -0.3 is 9.64 Å². The molecule has 1 amide bonds. The van der Waals surface area contributed by atoms with E-state index in [9.17, 15) is 13.2 Å². The fourth-order valence-corrected chi connectivity index (χ4v) is 5.50. The monoisotopic (exact) mass is 441 g/mol. The van der Waals surface area contributed by atoms with Crippen LogP contribution in [0.1, 0.15) is 30.4 Å². The van der Waals surface area contributed by atoms with Crippen LogP contribution in [0.2, 0.25) is 0 Å². The minimum absolute atomic E-state index is 0.0655. The number of nitrogens with zero attached hydrogens (tertiary/aromatic N) is 3. The molecule has 8 heteroatoms. The van der Waals surface area contributed by atoms with Gasteiger partial charge in [-0.15, -0.1) is 0 Å². The normalized spacial score (nSPS) is 20.4. The van der Waals surface area contributed by atoms with Gasteiger partial charge in [0.2, 0.25) is 15.9 Å². The van der Waals surface area contributed by atoms with E-state index in [0.29, 0.717) is 31.7 Å². The lowest BCUT2D eigenvalue weighted by Crippen LogP contribution is -2.35. The first-order valence-corrected chi connectivity index (χ1v) is 12.2. The first kappa shape index (κ1) is 21.5. The van der Waals surface area contributed by atoms with Crippen LogP contribution in [0, 0.1) is 0 Å². The van der Waals surface area contributed by atoms with Crippen LogP contribution in [0.3, 0.4) is 0 Å². The smallest absolute Gasteiger partial charge is 0.246 e. The van der Waals surface area contributed by atoms with E-state index in [4.69, 9.17) is 4.74 Å². The van der Waals surface area contributed by atoms with Crippen molar-refractivity contribution in [3.05, 3.63) is 66.0 Å². The zero-order chi connectivity index (χ0) is 21.7. The van der Waals surface area contributed by atoms with Gasteiger partial charge in [-0.05, 0) is 54.7 Å². The standard InChI is InChI=1S/C23H27N3O4S/c27-23(25(18-22-5-2-14-30-22)17-20-4-1-12-24-16-20)11-8-19-6-9-21(10-7-19)26-13-3-15-31(26,28)29/h1,4,6-12,16,22H,2-3,5,13-15,17-18H2/b11-8+. The van der Waals surface area contributed by atoms with Gasteiger partial charge in [0.05, 0.1) is 17.5 Å². The Kier molecular flexibility index (Phi) is 6.67. The number of sulfonamides is 1. The van der Waals surface area contributed by atoms with Gasteiger partial charge in [-0.1, -0.05) is 18.2 Å². The van der Waals surface area contributed by atoms with Gasteiger partial charge in [0, 0.05) is 44.7 Å². The van der Waals surface area contributed by atoms with Crippen molar-refractivity contribution >= 4 is 27.7 Å². The summed E-state index contributed by atoms with van der Waals surface area (Å²) >= 11 is 0. The second-order valence-corrected chi connectivity index (χ2v) is 9.89. The Morgan fingerprint density at radius 1 is 1.23 bits per heavy atom. The van der Waals surface area contributed by atoms with Crippen LogP contribution in [0.15, 0.2) is 54.9 Å². The third-order valence-corrected chi connectivity index (χ3v) is 7.42. The molecule has 0 N–H and O–H groups in total. The number of hydrogen-bond donors (Lipinski definition) is 0. The van der Waals surface area contributed by atoms with Crippen molar-refractivity contribution in [1.82, 2.24) is 9.88 Å². The van der Waals surface area contributed by atoms with Crippen LogP contribution in [-0.4, -0.2) is 55.8 Å². The van der Waals surface area contributed by atoms with Gasteiger partial charge >= 0.3 is 0 Å². The number of aromatic nitrogens is 1. The lowest BCUT2D eigenvalue weighted by atomic mass is 10.1. The minimum atomic E-state index is -3.19. The van der Waals surface area contributed by atoms with E-state index < -0.39 is 10.0 Å². The van der Waals surface area contributed by atoms with E-state index in [1.54, 1.807) is 41.6 Å². The fourth-order valence-electron chi connectivity index (χ4n) is 3.93. The molecule has 0 spiro atoms. The fraction of sp³-hybridized carbons (Fsp3) is 0.391. The van der Waals surface area contributed by atoms with Crippen molar-refractivity contribution in [2.75, 3.05) is 29.8 Å². The van der Waals surface area contributed by atoms with Crippen LogP contribution in [0.25, 0.3) is 6.08 Å². The first-order chi connectivity index (χ1) is 15.0. The molecule has 164 valence electrons. The molecule has 1 atom stereocenters. The predicted octanol–water partition coefficient (Wildman–Crippen LogP) is 2.84. The molecule has 2 aliphatic heterocycles. The largest absolute Gasteiger partial charge is 0.376 e. The molecule has 1 aromatic carbocycles. The molecule has 1 aromatic heterocycles. The maximum Gasteiger partial charge on any atom is 0.246 e. The number of rotatable bonds is 7. The Hall–Kier alpha value is -2.71. The molecular formula is C23H27N3O4S. The highest BCUT2D eigenvalue weighted by molar-refractivity contribution is 7.93. The summed E-state index contributed by atoms with van der Waals surface area (Å²) in [4.78, 5) is 18.9. The lowest BCUT2D eigenvalue weighted by Gasteiger charge is -2.24. The summed E-state index contributed by atoms with van der Waals surface area (Å²) in [5, 5.41) is 0. The number of carbonyl (C=O) groups excluding carboxylic acids is 1. The molecule has 0 saturated carbocycles. The molecule has 2 aromatic rings. The van der Waals surface area contributed by atoms with Crippen LogP contribution in [0.4, 0.5) is 5.69 Å². The number of ether oxygens (including phenoxy) is 1. The van der Waals surface area contributed by atoms with E-state index in [2.05, 4.69) is 4.98 Å². The second kappa shape index (κ2) is 9.62. The predicted molar refractivity (Wildman–Crippen MR) is 120 cm³/mol. The Morgan fingerprint density at radius 2 is 2.06 bits per heavy atom. The Morgan fingerprint density at radius 3 is 2.71 bits per heavy atom. The number of anilines is 1. The van der Waals surface area contributed by atoms with E-state index in [0.717, 1.165) is 30.6 Å². The molecular weight excluding hydrogens is 414 g/mol. The van der Waals surface area contributed by atoms with E-state index in [1.807, 2.05) is 24.3 Å². The SMILES string of the molecule is O=C(/C=C/c1ccc(N2CCCS2(=O)=O)cc1)N(Cc1cccnc1)CC1CCCO1. The quantitative estimate of drug-likeness (QED) is 0.618. The topological polar surface area (TPSA) is 79.8 Å². The zero-order valence-electron chi connectivity index (χ0n) is 17.4. The van der Waals surface area contributed by atoms with E-state index in [-0.39, 0.29) is 17.8 Å². The number of carbonyl (C=O) groups is 1. The molecule has 3 heterocycles. The summed E-state index contributed by atoms with van der Waals surface area (Å²) in [6.45, 7) is 2.28. The van der Waals surface area contributed by atoms with Crippen LogP contribution in [-0.2, 0) is 26.1 Å². The molecule has 2 aliphatic rings. The molecule has 0 aliphatic carbocycles. The average molecular weight is 442 g/mol. The number of pyridine rings is 1. The molecule has 1 unspecified atom stereocenters. The summed E-state index contributed by atoms with van der Waals surface area (Å²) in [5.74, 6) is 0.103. The summed E-state index contributed by atoms with van der Waals surface area (Å²) in [6.07, 6.45) is 9.50. The highest BCUT2D eigenvalue weighted by Gasteiger charge is 2.28. The number of benzene rings is 1. The molecule has 2 fully saturated rings. The third kappa shape index (κ3) is 5.51. The highest BCUT2D eigenvalue weighted by atomic mass is 32.2. The van der Waals surface area contributed by atoms with E-state index >= 15 is 0 Å². The molecule has 4 rings (SSSR count). The van der Waals surface area contributed by atoms with Gasteiger partial charge in [0.15, 0.2) is 0 Å². The van der Waals surface area contributed by atoms with Crippen molar-refractivity contribution in [2.45, 2.75) is 31.9 Å². The first-order valence-electron chi connectivity index (χ1n) is 10.6. The van der Waals surface area contributed by atoms with Crippen LogP contribution in [0.5, 0.6) is 0 Å². The summed E-state index contributed by atoms with van der Waals surface area (Å²) in [5.41, 5.74) is 2.48. The Balaban J connectivity index is 1.44. The summed E-state index contributed by atoms with van der Waals surface area (Å²) in [7, 11) is -3.19. The summed E-state index contributed by atoms with van der Waals surface area (Å²) < 4.78 is 31.3. The number of amides is 1. The second-order valence-electron chi connectivity index (χ2n) is 7.88. The molecule has 7 nitrogen and oxygen atoms in total. The average Bonchev–Trinajstić information content (AvgIpc) is 3.41. The van der Waals surface area contributed by atoms with Gasteiger partial charge in [-0.2, -0.15) is 0 Å². The van der Waals surface area contributed by atoms with Crippen molar-refractivity contribution in [1.29, 1.82) is 0 Å². The van der Waals surface area contributed by atoms with Gasteiger partial charge in [-0.25, -0.2) is 8.42 Å². The van der Waals surface area contributed by atoms with E-state index in [1.165, 1.54) is 4.31 Å². The number of hydrogen-bond acceptors (Lipinski definition) is 5. The minimum Gasteiger partial charge on any atom is -0.376 e. The molecule has 2 saturated heterocycles. The third-order valence-electron chi connectivity index (χ3n) is 5.55. The molecule has 31 heavy (non-hydrogen) atoms. The highest BCUT2D eigenvalue weighted by Crippen LogP contribution is 2.24. The maximum absolute atomic E-state index is 12.9. The molecule has 0 radical (unpaired) electrons. The van der Waals surface area contributed by atoms with Crippen LogP contribution < -0.4 is 4.31 Å². The van der Waals surface area contributed by atoms with Crippen molar-refractivity contribution in [2.24, 2.45) is 0 Å². The maximum atomic E-state index is 12.9. The van der Waals surface area contributed by atoms with Gasteiger partial charge in [0.25, 0.3) is 0 Å². The lowest BCUT2D eigenvalue weighted by molar-refractivity contribution is -0.128. The van der Waals surface area contributed by atoms with Gasteiger partial charge in [0.1, 0.15) is 0 Å². The Labute approximate surface area is 183 Å². The van der Waals surface area contributed by atoms with Crippen molar-refractivity contribution < 1.29 is 17.9 Å². The van der Waals surface area contributed by atoms with Crippen molar-refractivity contribution in [3.63, 3.8) is 0 Å². The van der Waals surface area contributed by atoms with Gasteiger partial charge in [-0.3, -0.25) is 14.1 Å².